The number of ketones is 1. The molecule has 0 saturated carbocycles. The summed E-state index contributed by atoms with van der Waals surface area (Å²) in [4.78, 5) is 11.9. The van der Waals surface area contributed by atoms with E-state index in [1.165, 1.54) is 11.5 Å². The van der Waals surface area contributed by atoms with Crippen molar-refractivity contribution >= 4 is 17.3 Å². The second kappa shape index (κ2) is 3.11. The minimum Gasteiger partial charge on any atom is -0.344 e. The normalized spacial score (nSPS) is 15.5. The molecule has 0 aliphatic heterocycles. The maximum Gasteiger partial charge on any atom is 0.174 e. The minimum atomic E-state index is 0. The van der Waals surface area contributed by atoms with Gasteiger partial charge in [-0.15, -0.1) is 0 Å². The molecule has 0 fully saturated rings. The second-order valence-electron chi connectivity index (χ2n) is 2.46. The lowest BCUT2D eigenvalue weighted by molar-refractivity contribution is 0.0985. The largest absolute Gasteiger partial charge is 0.344 e. The Morgan fingerprint density at radius 2 is 2.27 bits per heavy atom. The zero-order valence-electron chi connectivity index (χ0n) is 6.17. The molecule has 1 aliphatic rings. The Morgan fingerprint density at radius 1 is 1.45 bits per heavy atom. The van der Waals surface area contributed by atoms with Gasteiger partial charge in [0.15, 0.2) is 5.78 Å². The van der Waals surface area contributed by atoms with Crippen molar-refractivity contribution in [2.24, 2.45) is 0 Å². The Kier molecular flexibility index (Phi) is 2.36. The first-order chi connectivity index (χ1) is 4.86. The van der Waals surface area contributed by atoms with Gasteiger partial charge in [0.1, 0.15) is 0 Å². The molecular weight excluding hydrogens is 160 g/mol. The van der Waals surface area contributed by atoms with Gasteiger partial charge < -0.3 is 6.15 Å². The monoisotopic (exact) mass is 170 g/mol. The van der Waals surface area contributed by atoms with E-state index in [2.05, 4.69) is 4.37 Å². The van der Waals surface area contributed by atoms with E-state index in [4.69, 9.17) is 0 Å². The second-order valence-corrected chi connectivity index (χ2v) is 3.26. The highest BCUT2D eigenvalue weighted by molar-refractivity contribution is 7.08. The summed E-state index contributed by atoms with van der Waals surface area (Å²) in [5.41, 5.74) is 1.09. The fraction of sp³-hybridized carbons (Fsp3) is 0.429. The summed E-state index contributed by atoms with van der Waals surface area (Å²) in [5, 5.41) is 0. The maximum absolute atomic E-state index is 11.1. The van der Waals surface area contributed by atoms with Crippen LogP contribution in [0.15, 0.2) is 6.07 Å². The SMILES string of the molecule is N.O=C1CCCc2cc1sn2. The van der Waals surface area contributed by atoms with Gasteiger partial charge in [-0.3, -0.25) is 4.79 Å². The molecule has 0 amide bonds. The van der Waals surface area contributed by atoms with Crippen LogP contribution in [0.3, 0.4) is 0 Å². The molecule has 0 spiro atoms. The van der Waals surface area contributed by atoms with Gasteiger partial charge in [0.05, 0.1) is 10.6 Å². The van der Waals surface area contributed by atoms with Gasteiger partial charge in [0.25, 0.3) is 0 Å². The number of carbonyl (C=O) groups is 1. The third-order valence-electron chi connectivity index (χ3n) is 1.67. The Hall–Kier alpha value is -0.740. The highest BCUT2D eigenvalue weighted by Crippen LogP contribution is 2.19. The highest BCUT2D eigenvalue weighted by atomic mass is 32.1. The van der Waals surface area contributed by atoms with Crippen LogP contribution >= 0.6 is 11.5 Å². The predicted octanol–water partition coefficient (Wildman–Crippen LogP) is 1.82. The number of nitrogens with zero attached hydrogens (tertiary/aromatic N) is 1. The number of Topliss-reactive ketones (excluding diaryl/α,β-unsaturated/α-hetero) is 1. The molecule has 0 radical (unpaired) electrons. The van der Waals surface area contributed by atoms with Crippen molar-refractivity contribution < 1.29 is 4.79 Å². The first-order valence-corrected chi connectivity index (χ1v) is 4.12. The van der Waals surface area contributed by atoms with Crippen LogP contribution in [-0.2, 0) is 6.42 Å². The minimum absolute atomic E-state index is 0. The Labute approximate surface area is 69.2 Å². The summed E-state index contributed by atoms with van der Waals surface area (Å²) in [7, 11) is 0. The van der Waals surface area contributed by atoms with Gasteiger partial charge in [-0.25, -0.2) is 0 Å². The molecule has 2 bridgehead atoms. The van der Waals surface area contributed by atoms with Crippen LogP contribution in [0.25, 0.3) is 0 Å². The molecule has 1 aliphatic carbocycles. The topological polar surface area (TPSA) is 65.0 Å². The molecular formula is C7H10N2OS. The van der Waals surface area contributed by atoms with E-state index in [1.807, 2.05) is 6.07 Å². The van der Waals surface area contributed by atoms with Crippen molar-refractivity contribution in [3.05, 3.63) is 16.6 Å². The van der Waals surface area contributed by atoms with Gasteiger partial charge in [-0.2, -0.15) is 4.37 Å². The predicted molar refractivity (Wildman–Crippen MR) is 44.4 cm³/mol. The molecule has 60 valence electrons. The average molecular weight is 170 g/mol. The van der Waals surface area contributed by atoms with E-state index in [0.717, 1.165) is 23.4 Å². The summed E-state index contributed by atoms with van der Waals surface area (Å²) in [6.45, 7) is 0. The number of aromatic nitrogens is 1. The van der Waals surface area contributed by atoms with Crippen LogP contribution in [0.4, 0.5) is 0 Å². The standard InChI is InChI=1S/C7H7NOS.H3N/c9-6-3-1-2-5-4-7(6)10-8-5;/h4H,1-3H2;1H3. The molecule has 1 heterocycles. The molecule has 0 atom stereocenters. The van der Waals surface area contributed by atoms with E-state index in [-0.39, 0.29) is 11.9 Å². The van der Waals surface area contributed by atoms with Crippen LogP contribution < -0.4 is 6.15 Å². The molecule has 3 nitrogen and oxygen atoms in total. The van der Waals surface area contributed by atoms with Crippen LogP contribution in [0.1, 0.15) is 28.2 Å². The highest BCUT2D eigenvalue weighted by Gasteiger charge is 2.14. The summed E-state index contributed by atoms with van der Waals surface area (Å²) in [6.07, 6.45) is 2.65. The molecule has 3 N–H and O–H groups in total. The van der Waals surface area contributed by atoms with Gasteiger partial charge in [-0.05, 0) is 30.4 Å². The first-order valence-electron chi connectivity index (χ1n) is 3.35. The Balaban J connectivity index is 0.000000605. The molecule has 1 aromatic rings. The van der Waals surface area contributed by atoms with Crippen molar-refractivity contribution in [2.75, 3.05) is 0 Å². The zero-order valence-corrected chi connectivity index (χ0v) is 6.99. The Bertz CT molecular complexity index is 269. The smallest absolute Gasteiger partial charge is 0.174 e. The third-order valence-corrected chi connectivity index (χ3v) is 2.54. The van der Waals surface area contributed by atoms with Gasteiger partial charge >= 0.3 is 0 Å². The zero-order chi connectivity index (χ0) is 6.97. The first kappa shape index (κ1) is 8.36. The van der Waals surface area contributed by atoms with Gasteiger partial charge in [-0.1, -0.05) is 0 Å². The Morgan fingerprint density at radius 3 is 3.09 bits per heavy atom. The fourth-order valence-corrected chi connectivity index (χ4v) is 1.87. The number of carbonyl (C=O) groups excluding carboxylic acids is 1. The summed E-state index contributed by atoms with van der Waals surface area (Å²) in [6, 6.07) is 1.92. The number of rotatable bonds is 0. The third kappa shape index (κ3) is 1.46. The fourth-order valence-electron chi connectivity index (χ4n) is 1.11. The molecule has 0 saturated heterocycles. The van der Waals surface area contributed by atoms with E-state index < -0.39 is 0 Å². The lowest BCUT2D eigenvalue weighted by Crippen LogP contribution is -1.94. The quantitative estimate of drug-likeness (QED) is 0.646. The summed E-state index contributed by atoms with van der Waals surface area (Å²) in [5.74, 6) is 0.265. The van der Waals surface area contributed by atoms with Gasteiger partial charge in [0, 0.05) is 6.42 Å². The van der Waals surface area contributed by atoms with Crippen molar-refractivity contribution in [1.29, 1.82) is 0 Å². The molecule has 0 unspecified atom stereocenters. The lowest BCUT2D eigenvalue weighted by atomic mass is 10.2. The molecule has 4 heteroatoms. The number of aryl methyl sites for hydroxylation is 1. The molecule has 0 aromatic carbocycles. The van der Waals surface area contributed by atoms with E-state index in [9.17, 15) is 4.79 Å². The van der Waals surface area contributed by atoms with Crippen LogP contribution in [0, 0.1) is 0 Å². The number of hydrogen-bond acceptors (Lipinski definition) is 4. The number of fused-ring (bicyclic) bond motifs is 2. The average Bonchev–Trinajstić information content (AvgIpc) is 2.27. The van der Waals surface area contributed by atoms with E-state index in [0.29, 0.717) is 6.42 Å². The molecule has 11 heavy (non-hydrogen) atoms. The van der Waals surface area contributed by atoms with Crippen molar-refractivity contribution in [2.45, 2.75) is 19.3 Å². The summed E-state index contributed by atoms with van der Waals surface area (Å²) >= 11 is 1.33. The number of hydrogen-bond donors (Lipinski definition) is 1. The van der Waals surface area contributed by atoms with Gasteiger partial charge in [0.2, 0.25) is 0 Å². The van der Waals surface area contributed by atoms with Crippen molar-refractivity contribution in [3.63, 3.8) is 0 Å². The lowest BCUT2D eigenvalue weighted by Gasteiger charge is -1.92. The summed E-state index contributed by atoms with van der Waals surface area (Å²) < 4.78 is 4.13. The molecule has 2 rings (SSSR count). The molecule has 1 aromatic heterocycles. The maximum atomic E-state index is 11.1. The van der Waals surface area contributed by atoms with Crippen LogP contribution in [0.5, 0.6) is 0 Å². The van der Waals surface area contributed by atoms with E-state index in [1.54, 1.807) is 0 Å². The van der Waals surface area contributed by atoms with Crippen LogP contribution in [0.2, 0.25) is 0 Å². The van der Waals surface area contributed by atoms with Crippen molar-refractivity contribution in [1.82, 2.24) is 10.5 Å². The van der Waals surface area contributed by atoms with Crippen LogP contribution in [-0.4, -0.2) is 10.2 Å². The van der Waals surface area contributed by atoms with Crippen molar-refractivity contribution in [3.8, 4) is 0 Å². The van der Waals surface area contributed by atoms with E-state index >= 15 is 0 Å².